The maximum Gasteiger partial charge on any atom is 0.287 e. The van der Waals surface area contributed by atoms with Gasteiger partial charge in [-0.15, -0.1) is 11.3 Å². The molecule has 1 unspecified atom stereocenters. The van der Waals surface area contributed by atoms with E-state index in [0.29, 0.717) is 36.1 Å². The van der Waals surface area contributed by atoms with E-state index in [2.05, 4.69) is 31.4 Å². The monoisotopic (exact) mass is 480 g/mol. The summed E-state index contributed by atoms with van der Waals surface area (Å²) in [4.78, 5) is 25.0. The zero-order valence-corrected chi connectivity index (χ0v) is 21.4. The normalized spacial score (nSPS) is 19.2. The highest BCUT2D eigenvalue weighted by atomic mass is 32.1. The van der Waals surface area contributed by atoms with E-state index in [1.165, 1.54) is 60.6 Å². The number of hydrogen-bond acceptors (Lipinski definition) is 6. The molecule has 1 atom stereocenters. The Hall–Kier alpha value is -2.41. The van der Waals surface area contributed by atoms with Crippen LogP contribution in [0, 0.1) is 11.3 Å². The summed E-state index contributed by atoms with van der Waals surface area (Å²) in [5.74, 6) is 3.25. The van der Waals surface area contributed by atoms with Crippen molar-refractivity contribution in [2.24, 2.45) is 11.3 Å². The molecule has 2 aliphatic carbocycles. The number of rotatable bonds is 6. The van der Waals surface area contributed by atoms with E-state index in [9.17, 15) is 4.79 Å². The van der Waals surface area contributed by atoms with Gasteiger partial charge in [0.1, 0.15) is 16.5 Å². The third-order valence-corrected chi connectivity index (χ3v) is 8.72. The van der Waals surface area contributed by atoms with E-state index in [1.807, 2.05) is 11.3 Å². The maximum atomic E-state index is 12.2. The Morgan fingerprint density at radius 3 is 2.71 bits per heavy atom. The van der Waals surface area contributed by atoms with Gasteiger partial charge in [0.05, 0.1) is 11.6 Å². The number of carbonyl (C=O) groups excluding carboxylic acids is 1. The van der Waals surface area contributed by atoms with Crippen molar-refractivity contribution in [2.75, 3.05) is 18.4 Å². The third-order valence-electron chi connectivity index (χ3n) is 7.57. The highest BCUT2D eigenvalue weighted by Gasteiger charge is 2.32. The molecule has 34 heavy (non-hydrogen) atoms. The number of aromatic nitrogens is 2. The summed E-state index contributed by atoms with van der Waals surface area (Å²) in [5.41, 5.74) is 1.76. The van der Waals surface area contributed by atoms with E-state index in [0.717, 1.165) is 29.3 Å². The van der Waals surface area contributed by atoms with Crippen LogP contribution in [0.3, 0.4) is 0 Å². The smallest absolute Gasteiger partial charge is 0.287 e. The topological polar surface area (TPSA) is 80.0 Å². The van der Waals surface area contributed by atoms with Gasteiger partial charge in [-0.25, -0.2) is 9.97 Å². The zero-order chi connectivity index (χ0) is 23.7. The molecule has 3 aromatic heterocycles. The first-order valence-corrected chi connectivity index (χ1v) is 13.6. The predicted octanol–water partition coefficient (Wildman–Crippen LogP) is 6.32. The Balaban J connectivity index is 1.39. The first-order valence-electron chi connectivity index (χ1n) is 12.8. The van der Waals surface area contributed by atoms with E-state index >= 15 is 0 Å². The lowest BCUT2D eigenvalue weighted by molar-refractivity contribution is 0.0927. The molecule has 2 N–H and O–H groups in total. The molecule has 3 aromatic rings. The fraction of sp³-hybridized carbons (Fsp3) is 0.593. The summed E-state index contributed by atoms with van der Waals surface area (Å²) in [6.45, 7) is 8.20. The zero-order valence-electron chi connectivity index (χ0n) is 20.6. The van der Waals surface area contributed by atoms with Crippen LogP contribution in [-0.4, -0.2) is 29.0 Å². The molecule has 1 saturated carbocycles. The Morgan fingerprint density at radius 1 is 1.15 bits per heavy atom. The van der Waals surface area contributed by atoms with Crippen molar-refractivity contribution in [2.45, 2.75) is 78.1 Å². The molecule has 0 aliphatic heterocycles. The maximum absolute atomic E-state index is 12.2. The number of aryl methyl sites for hydroxylation is 1. The van der Waals surface area contributed by atoms with Gasteiger partial charge in [-0.05, 0) is 61.1 Å². The minimum atomic E-state index is -0.191. The molecule has 0 aromatic carbocycles. The highest BCUT2D eigenvalue weighted by Crippen LogP contribution is 2.45. The molecule has 7 heteroatoms. The third kappa shape index (κ3) is 4.85. The van der Waals surface area contributed by atoms with Crippen LogP contribution in [0.25, 0.3) is 10.2 Å². The predicted molar refractivity (Wildman–Crippen MR) is 138 cm³/mol. The Kier molecular flexibility index (Phi) is 6.65. The Labute approximate surface area is 205 Å². The van der Waals surface area contributed by atoms with Gasteiger partial charge in [0.25, 0.3) is 5.91 Å². The summed E-state index contributed by atoms with van der Waals surface area (Å²) in [6, 6.07) is 3.40. The lowest BCUT2D eigenvalue weighted by Crippen LogP contribution is -2.28. The second-order valence-electron chi connectivity index (χ2n) is 10.9. The first-order chi connectivity index (χ1) is 16.4. The van der Waals surface area contributed by atoms with Crippen molar-refractivity contribution in [3.63, 3.8) is 0 Å². The van der Waals surface area contributed by atoms with Crippen LogP contribution in [0.15, 0.2) is 22.8 Å². The molecule has 0 bridgehead atoms. The van der Waals surface area contributed by atoms with Crippen LogP contribution in [0.2, 0.25) is 0 Å². The molecule has 2 aliphatic rings. The van der Waals surface area contributed by atoms with Crippen molar-refractivity contribution in [1.82, 2.24) is 15.3 Å². The van der Waals surface area contributed by atoms with Gasteiger partial charge in [-0.1, -0.05) is 40.0 Å². The second kappa shape index (κ2) is 9.68. The van der Waals surface area contributed by atoms with Gasteiger partial charge < -0.3 is 15.1 Å². The van der Waals surface area contributed by atoms with E-state index < -0.39 is 0 Å². The number of amides is 1. The number of fused-ring (bicyclic) bond motifs is 3. The van der Waals surface area contributed by atoms with Gasteiger partial charge in [0, 0.05) is 23.9 Å². The average Bonchev–Trinajstić information content (AvgIpc) is 3.49. The van der Waals surface area contributed by atoms with Crippen LogP contribution in [0.5, 0.6) is 0 Å². The number of hydrogen-bond donors (Lipinski definition) is 2. The number of anilines is 1. The molecule has 0 radical (unpaired) electrons. The van der Waals surface area contributed by atoms with Crippen molar-refractivity contribution in [3.05, 3.63) is 40.4 Å². The SMILES string of the molecule is CC(C)(C)C1CCc2c(sc3nc(C4CCCCC4)nc(NCCNC(=O)c4ccco4)c23)C1. The van der Waals surface area contributed by atoms with Crippen molar-refractivity contribution >= 4 is 33.3 Å². The molecule has 182 valence electrons. The lowest BCUT2D eigenvalue weighted by Gasteiger charge is -2.33. The van der Waals surface area contributed by atoms with Crippen LogP contribution in [0.1, 0.15) is 92.0 Å². The van der Waals surface area contributed by atoms with Gasteiger partial charge in [-0.2, -0.15) is 0 Å². The molecule has 0 spiro atoms. The fourth-order valence-corrected chi connectivity index (χ4v) is 6.76. The minimum Gasteiger partial charge on any atom is -0.459 e. The average molecular weight is 481 g/mol. The molecule has 5 rings (SSSR count). The van der Waals surface area contributed by atoms with Crippen molar-refractivity contribution in [1.29, 1.82) is 0 Å². The largest absolute Gasteiger partial charge is 0.459 e. The number of nitrogens with zero attached hydrogens (tertiary/aromatic N) is 2. The van der Waals surface area contributed by atoms with E-state index in [4.69, 9.17) is 14.4 Å². The van der Waals surface area contributed by atoms with Crippen LogP contribution < -0.4 is 10.6 Å². The van der Waals surface area contributed by atoms with Gasteiger partial charge >= 0.3 is 0 Å². The number of thiophene rings is 1. The quantitative estimate of drug-likeness (QED) is 0.403. The summed E-state index contributed by atoms with van der Waals surface area (Å²) >= 11 is 1.88. The molecular weight excluding hydrogens is 444 g/mol. The van der Waals surface area contributed by atoms with Gasteiger partial charge in [0.2, 0.25) is 0 Å². The first kappa shape index (κ1) is 23.3. The Bertz CT molecular complexity index is 1140. The molecule has 3 heterocycles. The lowest BCUT2D eigenvalue weighted by atomic mass is 9.72. The molecule has 1 fully saturated rings. The van der Waals surface area contributed by atoms with Crippen molar-refractivity contribution < 1.29 is 9.21 Å². The second-order valence-corrected chi connectivity index (χ2v) is 12.0. The Morgan fingerprint density at radius 2 is 1.97 bits per heavy atom. The number of nitrogens with one attached hydrogen (secondary N) is 2. The van der Waals surface area contributed by atoms with E-state index in [1.54, 1.807) is 12.1 Å². The minimum absolute atomic E-state index is 0.191. The van der Waals surface area contributed by atoms with Gasteiger partial charge in [0.15, 0.2) is 5.76 Å². The number of furan rings is 1. The summed E-state index contributed by atoms with van der Waals surface area (Å²) in [5, 5.41) is 7.69. The van der Waals surface area contributed by atoms with Crippen LogP contribution in [-0.2, 0) is 12.8 Å². The molecule has 0 saturated heterocycles. The highest BCUT2D eigenvalue weighted by molar-refractivity contribution is 7.19. The fourth-order valence-electron chi connectivity index (χ4n) is 5.46. The molecular formula is C27H36N4O2S. The summed E-state index contributed by atoms with van der Waals surface area (Å²) < 4.78 is 5.18. The van der Waals surface area contributed by atoms with Gasteiger partial charge in [-0.3, -0.25) is 4.79 Å². The molecule has 1 amide bonds. The standard InChI is InChI=1S/C27H36N4O2S/c1-27(2,3)18-11-12-19-21(16-18)34-26-22(19)24(30-23(31-26)17-8-5-4-6-9-17)28-13-14-29-25(32)20-10-7-15-33-20/h7,10,15,17-18H,4-6,8-9,11-14,16H2,1-3H3,(H,29,32)(H,28,30,31). The van der Waals surface area contributed by atoms with Crippen LogP contribution in [0.4, 0.5) is 5.82 Å². The van der Waals surface area contributed by atoms with Crippen LogP contribution >= 0.6 is 11.3 Å². The number of carbonyl (C=O) groups is 1. The summed E-state index contributed by atoms with van der Waals surface area (Å²) in [7, 11) is 0. The summed E-state index contributed by atoms with van der Waals surface area (Å²) in [6.07, 6.45) is 11.2. The molecule has 6 nitrogen and oxygen atoms in total. The van der Waals surface area contributed by atoms with Crippen molar-refractivity contribution in [3.8, 4) is 0 Å². The van der Waals surface area contributed by atoms with E-state index in [-0.39, 0.29) is 5.91 Å².